The molecule has 5 rings (SSSR count). The first-order valence-corrected chi connectivity index (χ1v) is 10.4. The predicted molar refractivity (Wildman–Crippen MR) is 123 cm³/mol. The molecule has 5 aromatic rings. The molecule has 0 saturated heterocycles. The molecule has 0 saturated carbocycles. The van der Waals surface area contributed by atoms with Crippen molar-refractivity contribution in [2.45, 2.75) is 20.4 Å². The first-order chi connectivity index (χ1) is 15.1. The molecule has 154 valence electrons. The number of rotatable bonds is 4. The Morgan fingerprint density at radius 3 is 2.52 bits per heavy atom. The quantitative estimate of drug-likeness (QED) is 0.356. The molecule has 0 aliphatic heterocycles. The number of ether oxygens (including phenoxy) is 1. The average molecular weight is 409 g/mol. The Labute approximate surface area is 180 Å². The summed E-state index contributed by atoms with van der Waals surface area (Å²) in [7, 11) is 1.39. The van der Waals surface area contributed by atoms with Crippen LogP contribution in [0.1, 0.15) is 23.0 Å². The minimum absolute atomic E-state index is 0.364. The van der Waals surface area contributed by atoms with Crippen LogP contribution in [0.3, 0.4) is 0 Å². The Morgan fingerprint density at radius 1 is 1.03 bits per heavy atom. The fourth-order valence-electron chi connectivity index (χ4n) is 4.41. The van der Waals surface area contributed by atoms with Crippen molar-refractivity contribution in [1.82, 2.24) is 14.0 Å². The first-order valence-electron chi connectivity index (χ1n) is 10.4. The van der Waals surface area contributed by atoms with Crippen molar-refractivity contribution >= 4 is 22.5 Å². The summed E-state index contributed by atoms with van der Waals surface area (Å²) < 4.78 is 9.23. The smallest absolute Gasteiger partial charge is 0.338 e. The Bertz CT molecular complexity index is 1430. The minimum atomic E-state index is -0.364. The molecule has 0 amide bonds. The molecule has 3 heterocycles. The predicted octanol–water partition coefficient (Wildman–Crippen LogP) is 5.74. The number of fused-ring (bicyclic) bond motifs is 2. The summed E-state index contributed by atoms with van der Waals surface area (Å²) in [5.74, 6) is -0.364. The highest BCUT2D eigenvalue weighted by atomic mass is 16.5. The number of hydrogen-bond acceptors (Lipinski definition) is 3. The molecule has 2 aromatic carbocycles. The fraction of sp³-hybridized carbons (Fsp3) is 0.154. The zero-order valence-corrected chi connectivity index (χ0v) is 17.8. The SMILES string of the molecule is CCn1c(-c2nc3cc(C(=O)OC)ccn3c2C)c(-c2ccccc2)c2ccccc21. The maximum Gasteiger partial charge on any atom is 0.338 e. The van der Waals surface area contributed by atoms with Gasteiger partial charge in [-0.25, -0.2) is 9.78 Å². The van der Waals surface area contributed by atoms with Gasteiger partial charge in [0.2, 0.25) is 0 Å². The third-order valence-corrected chi connectivity index (χ3v) is 5.86. The highest BCUT2D eigenvalue weighted by Crippen LogP contribution is 2.41. The van der Waals surface area contributed by atoms with E-state index in [0.717, 1.165) is 34.8 Å². The van der Waals surface area contributed by atoms with Crippen LogP contribution < -0.4 is 0 Å². The van der Waals surface area contributed by atoms with Gasteiger partial charge in [0.25, 0.3) is 0 Å². The Kier molecular flexibility index (Phi) is 4.59. The maximum absolute atomic E-state index is 12.0. The number of aryl methyl sites for hydroxylation is 2. The van der Waals surface area contributed by atoms with Crippen LogP contribution >= 0.6 is 0 Å². The lowest BCUT2D eigenvalue weighted by atomic mass is 10.00. The van der Waals surface area contributed by atoms with Crippen LogP contribution in [0.15, 0.2) is 72.9 Å². The third-order valence-electron chi connectivity index (χ3n) is 5.86. The van der Waals surface area contributed by atoms with Crippen molar-refractivity contribution in [2.75, 3.05) is 7.11 Å². The number of pyridine rings is 1. The molecule has 0 aliphatic carbocycles. The molecule has 31 heavy (non-hydrogen) atoms. The van der Waals surface area contributed by atoms with E-state index >= 15 is 0 Å². The average Bonchev–Trinajstić information content (AvgIpc) is 3.32. The van der Waals surface area contributed by atoms with Crippen LogP contribution in [0, 0.1) is 6.92 Å². The summed E-state index contributed by atoms with van der Waals surface area (Å²) in [6.45, 7) is 5.05. The summed E-state index contributed by atoms with van der Waals surface area (Å²) in [5.41, 5.74) is 7.78. The standard InChI is InChI=1S/C26H23N3O2/c1-4-28-21-13-9-8-12-20(21)23(18-10-6-5-7-11-18)25(28)24-17(2)29-15-14-19(26(30)31-3)16-22(29)27-24/h5-16H,4H2,1-3H3. The van der Waals surface area contributed by atoms with Crippen molar-refractivity contribution in [3.05, 3.63) is 84.2 Å². The number of nitrogens with zero attached hydrogens (tertiary/aromatic N) is 3. The Morgan fingerprint density at radius 2 is 1.77 bits per heavy atom. The third kappa shape index (κ3) is 2.93. The molecule has 0 spiro atoms. The molecular formula is C26H23N3O2. The second kappa shape index (κ2) is 7.43. The number of carbonyl (C=O) groups is 1. The number of methoxy groups -OCH3 is 1. The molecular weight excluding hydrogens is 386 g/mol. The van der Waals surface area contributed by atoms with Gasteiger partial charge >= 0.3 is 5.97 Å². The van der Waals surface area contributed by atoms with Crippen molar-refractivity contribution in [1.29, 1.82) is 0 Å². The summed E-state index contributed by atoms with van der Waals surface area (Å²) in [5, 5.41) is 1.21. The van der Waals surface area contributed by atoms with E-state index in [4.69, 9.17) is 9.72 Å². The Hall–Kier alpha value is -3.86. The number of hydrogen-bond donors (Lipinski definition) is 0. The molecule has 5 nitrogen and oxygen atoms in total. The summed E-state index contributed by atoms with van der Waals surface area (Å²) >= 11 is 0. The van der Waals surface area contributed by atoms with Crippen LogP contribution in [0.5, 0.6) is 0 Å². The van der Waals surface area contributed by atoms with Crippen LogP contribution in [0.2, 0.25) is 0 Å². The number of imidazole rings is 1. The highest BCUT2D eigenvalue weighted by Gasteiger charge is 2.23. The largest absolute Gasteiger partial charge is 0.465 e. The van der Waals surface area contributed by atoms with E-state index in [1.807, 2.05) is 16.7 Å². The van der Waals surface area contributed by atoms with E-state index in [1.54, 1.807) is 12.1 Å². The monoisotopic (exact) mass is 409 g/mol. The molecule has 0 N–H and O–H groups in total. The van der Waals surface area contributed by atoms with Gasteiger partial charge < -0.3 is 13.7 Å². The maximum atomic E-state index is 12.0. The van der Waals surface area contributed by atoms with Crippen molar-refractivity contribution in [3.8, 4) is 22.5 Å². The van der Waals surface area contributed by atoms with E-state index in [-0.39, 0.29) is 5.97 Å². The van der Waals surface area contributed by atoms with Gasteiger partial charge in [-0.05, 0) is 37.6 Å². The van der Waals surface area contributed by atoms with E-state index in [0.29, 0.717) is 5.56 Å². The second-order valence-corrected chi connectivity index (χ2v) is 7.53. The fourth-order valence-corrected chi connectivity index (χ4v) is 4.41. The molecule has 0 bridgehead atoms. The van der Waals surface area contributed by atoms with Gasteiger partial charge in [0.15, 0.2) is 0 Å². The van der Waals surface area contributed by atoms with Gasteiger partial charge in [0, 0.05) is 34.9 Å². The lowest BCUT2D eigenvalue weighted by Gasteiger charge is -2.10. The minimum Gasteiger partial charge on any atom is -0.465 e. The van der Waals surface area contributed by atoms with Crippen molar-refractivity contribution in [2.24, 2.45) is 0 Å². The second-order valence-electron chi connectivity index (χ2n) is 7.53. The topological polar surface area (TPSA) is 48.5 Å². The van der Waals surface area contributed by atoms with Gasteiger partial charge in [-0.1, -0.05) is 48.5 Å². The molecule has 5 heteroatoms. The van der Waals surface area contributed by atoms with Crippen LogP contribution in [-0.4, -0.2) is 27.0 Å². The van der Waals surface area contributed by atoms with E-state index in [2.05, 4.69) is 66.9 Å². The summed E-state index contributed by atoms with van der Waals surface area (Å²) in [6, 6.07) is 22.5. The van der Waals surface area contributed by atoms with Gasteiger partial charge in [-0.15, -0.1) is 0 Å². The molecule has 0 fully saturated rings. The van der Waals surface area contributed by atoms with Crippen molar-refractivity contribution in [3.63, 3.8) is 0 Å². The number of para-hydroxylation sites is 1. The summed E-state index contributed by atoms with van der Waals surface area (Å²) in [6.07, 6.45) is 1.88. The Balaban J connectivity index is 1.86. The number of benzene rings is 2. The van der Waals surface area contributed by atoms with Crippen LogP contribution in [0.25, 0.3) is 39.1 Å². The van der Waals surface area contributed by atoms with E-state index < -0.39 is 0 Å². The molecule has 0 unspecified atom stereocenters. The molecule has 3 aromatic heterocycles. The normalized spacial score (nSPS) is 11.3. The summed E-state index contributed by atoms with van der Waals surface area (Å²) in [4.78, 5) is 17.0. The van der Waals surface area contributed by atoms with Gasteiger partial charge in [-0.3, -0.25) is 0 Å². The number of esters is 1. The lowest BCUT2D eigenvalue weighted by molar-refractivity contribution is 0.0600. The van der Waals surface area contributed by atoms with E-state index in [1.165, 1.54) is 23.6 Å². The van der Waals surface area contributed by atoms with Crippen LogP contribution in [0.4, 0.5) is 0 Å². The molecule has 0 atom stereocenters. The zero-order valence-electron chi connectivity index (χ0n) is 17.8. The first kappa shape index (κ1) is 19.1. The molecule has 0 radical (unpaired) electrons. The van der Waals surface area contributed by atoms with Crippen LogP contribution in [-0.2, 0) is 11.3 Å². The van der Waals surface area contributed by atoms with Gasteiger partial charge in [-0.2, -0.15) is 0 Å². The highest BCUT2D eigenvalue weighted by molar-refractivity contribution is 6.04. The molecule has 0 aliphatic rings. The number of aromatic nitrogens is 3. The van der Waals surface area contributed by atoms with E-state index in [9.17, 15) is 4.79 Å². The van der Waals surface area contributed by atoms with Gasteiger partial charge in [0.1, 0.15) is 11.3 Å². The number of carbonyl (C=O) groups excluding carboxylic acids is 1. The van der Waals surface area contributed by atoms with Gasteiger partial charge in [0.05, 0.1) is 18.4 Å². The lowest BCUT2D eigenvalue weighted by Crippen LogP contribution is -2.02. The zero-order chi connectivity index (χ0) is 21.5. The van der Waals surface area contributed by atoms with Crippen molar-refractivity contribution < 1.29 is 9.53 Å².